The molecule has 0 bridgehead atoms. The normalized spacial score (nSPS) is 10.8. The first-order chi connectivity index (χ1) is 9.35. The summed E-state index contributed by atoms with van der Waals surface area (Å²) in [6, 6.07) is 14.7. The second kappa shape index (κ2) is 6.91. The molecule has 0 N–H and O–H groups in total. The van der Waals surface area contributed by atoms with E-state index in [1.807, 2.05) is 12.2 Å². The standard InChI is InChI=1S/C18H20O/c1-3-8-17(9-4-2)19-14-16-12-7-11-15-10-5-6-13-18(15)16/h3-7,10-13,17H,1-2,8-9,14H2. The summed E-state index contributed by atoms with van der Waals surface area (Å²) in [6.45, 7) is 8.18. The van der Waals surface area contributed by atoms with Gasteiger partial charge in [0.15, 0.2) is 0 Å². The zero-order valence-electron chi connectivity index (χ0n) is 11.2. The van der Waals surface area contributed by atoms with E-state index in [9.17, 15) is 0 Å². The van der Waals surface area contributed by atoms with Gasteiger partial charge in [0, 0.05) is 0 Å². The van der Waals surface area contributed by atoms with Gasteiger partial charge in [0.1, 0.15) is 0 Å². The highest BCUT2D eigenvalue weighted by Gasteiger charge is 2.07. The van der Waals surface area contributed by atoms with Gasteiger partial charge >= 0.3 is 0 Å². The zero-order valence-corrected chi connectivity index (χ0v) is 11.2. The van der Waals surface area contributed by atoms with Gasteiger partial charge in [-0.3, -0.25) is 0 Å². The van der Waals surface area contributed by atoms with Crippen LogP contribution in [0.1, 0.15) is 18.4 Å². The third-order valence-corrected chi connectivity index (χ3v) is 3.21. The molecular formula is C18H20O. The third kappa shape index (κ3) is 3.55. The van der Waals surface area contributed by atoms with Gasteiger partial charge in [-0.05, 0) is 29.2 Å². The number of hydrogen-bond acceptors (Lipinski definition) is 1. The molecule has 2 aromatic carbocycles. The van der Waals surface area contributed by atoms with Crippen molar-refractivity contribution in [3.05, 3.63) is 73.3 Å². The molecule has 1 heteroatoms. The second-order valence-electron chi connectivity index (χ2n) is 4.62. The van der Waals surface area contributed by atoms with E-state index in [4.69, 9.17) is 4.74 Å². The van der Waals surface area contributed by atoms with Crippen LogP contribution < -0.4 is 0 Å². The summed E-state index contributed by atoms with van der Waals surface area (Å²) >= 11 is 0. The van der Waals surface area contributed by atoms with Crippen LogP contribution in [0.4, 0.5) is 0 Å². The van der Waals surface area contributed by atoms with Crippen LogP contribution in [0, 0.1) is 0 Å². The number of fused-ring (bicyclic) bond motifs is 1. The molecule has 98 valence electrons. The number of ether oxygens (including phenoxy) is 1. The highest BCUT2D eigenvalue weighted by Crippen LogP contribution is 2.20. The zero-order chi connectivity index (χ0) is 13.5. The van der Waals surface area contributed by atoms with Gasteiger partial charge in [-0.2, -0.15) is 0 Å². The van der Waals surface area contributed by atoms with Gasteiger partial charge in [0.05, 0.1) is 12.7 Å². The first-order valence-electron chi connectivity index (χ1n) is 6.65. The molecule has 0 aliphatic carbocycles. The van der Waals surface area contributed by atoms with Gasteiger partial charge in [-0.25, -0.2) is 0 Å². The summed E-state index contributed by atoms with van der Waals surface area (Å²) in [7, 11) is 0. The minimum Gasteiger partial charge on any atom is -0.373 e. The molecule has 0 saturated carbocycles. The van der Waals surface area contributed by atoms with Crippen molar-refractivity contribution in [3.63, 3.8) is 0 Å². The smallest absolute Gasteiger partial charge is 0.0726 e. The molecule has 0 aromatic heterocycles. The summed E-state index contributed by atoms with van der Waals surface area (Å²) in [5.74, 6) is 0. The van der Waals surface area contributed by atoms with E-state index in [2.05, 4.69) is 55.6 Å². The van der Waals surface area contributed by atoms with E-state index in [-0.39, 0.29) is 6.10 Å². The molecule has 0 aliphatic rings. The summed E-state index contributed by atoms with van der Waals surface area (Å²) in [6.07, 6.45) is 5.69. The van der Waals surface area contributed by atoms with Crippen molar-refractivity contribution in [2.24, 2.45) is 0 Å². The van der Waals surface area contributed by atoms with E-state index in [0.29, 0.717) is 6.61 Å². The van der Waals surface area contributed by atoms with Crippen LogP contribution in [-0.2, 0) is 11.3 Å². The van der Waals surface area contributed by atoms with E-state index in [1.54, 1.807) is 0 Å². The molecular weight excluding hydrogens is 232 g/mol. The highest BCUT2D eigenvalue weighted by atomic mass is 16.5. The van der Waals surface area contributed by atoms with Crippen LogP contribution in [0.3, 0.4) is 0 Å². The molecule has 19 heavy (non-hydrogen) atoms. The molecule has 0 heterocycles. The molecule has 1 nitrogen and oxygen atoms in total. The number of hydrogen-bond donors (Lipinski definition) is 0. The average molecular weight is 252 g/mol. The number of rotatable bonds is 7. The Kier molecular flexibility index (Phi) is 4.93. The summed E-state index contributed by atoms with van der Waals surface area (Å²) in [5.41, 5.74) is 1.23. The SMILES string of the molecule is C=CCC(CC=C)OCc1cccc2ccccc12. The summed E-state index contributed by atoms with van der Waals surface area (Å²) in [5, 5.41) is 2.52. The molecule has 0 radical (unpaired) electrons. The van der Waals surface area contributed by atoms with Gasteiger partial charge in [0.2, 0.25) is 0 Å². The topological polar surface area (TPSA) is 9.23 Å². The fraction of sp³-hybridized carbons (Fsp3) is 0.222. The highest BCUT2D eigenvalue weighted by molar-refractivity contribution is 5.85. The van der Waals surface area contributed by atoms with E-state index in [1.165, 1.54) is 16.3 Å². The lowest BCUT2D eigenvalue weighted by atomic mass is 10.1. The minimum atomic E-state index is 0.175. The van der Waals surface area contributed by atoms with Crippen molar-refractivity contribution >= 4 is 10.8 Å². The molecule has 0 amide bonds. The van der Waals surface area contributed by atoms with Crippen molar-refractivity contribution in [2.45, 2.75) is 25.6 Å². The molecule has 2 aromatic rings. The molecule has 0 spiro atoms. The first kappa shape index (κ1) is 13.6. The van der Waals surface area contributed by atoms with Crippen LogP contribution in [0.5, 0.6) is 0 Å². The lowest BCUT2D eigenvalue weighted by Gasteiger charge is -2.15. The van der Waals surface area contributed by atoms with Crippen LogP contribution in [0.2, 0.25) is 0 Å². The molecule has 0 fully saturated rings. The van der Waals surface area contributed by atoms with E-state index >= 15 is 0 Å². The third-order valence-electron chi connectivity index (χ3n) is 3.21. The summed E-state index contributed by atoms with van der Waals surface area (Å²) in [4.78, 5) is 0. The molecule has 0 saturated heterocycles. The number of benzene rings is 2. The quantitative estimate of drug-likeness (QED) is 0.638. The van der Waals surface area contributed by atoms with Crippen molar-refractivity contribution in [1.29, 1.82) is 0 Å². The monoisotopic (exact) mass is 252 g/mol. The largest absolute Gasteiger partial charge is 0.373 e. The van der Waals surface area contributed by atoms with Gasteiger partial charge in [-0.1, -0.05) is 54.6 Å². The Balaban J connectivity index is 2.12. The van der Waals surface area contributed by atoms with Gasteiger partial charge < -0.3 is 4.74 Å². The van der Waals surface area contributed by atoms with Crippen molar-refractivity contribution in [1.82, 2.24) is 0 Å². The fourth-order valence-corrected chi connectivity index (χ4v) is 2.23. The maximum atomic E-state index is 5.97. The van der Waals surface area contributed by atoms with Crippen molar-refractivity contribution in [3.8, 4) is 0 Å². The van der Waals surface area contributed by atoms with E-state index < -0.39 is 0 Å². The Bertz CT molecular complexity index is 541. The maximum absolute atomic E-state index is 5.97. The second-order valence-corrected chi connectivity index (χ2v) is 4.62. The van der Waals surface area contributed by atoms with Gasteiger partial charge in [0.25, 0.3) is 0 Å². The summed E-state index contributed by atoms with van der Waals surface area (Å²) < 4.78 is 5.97. The van der Waals surface area contributed by atoms with Crippen LogP contribution in [0.15, 0.2) is 67.8 Å². The predicted octanol–water partition coefficient (Wildman–Crippen LogP) is 4.88. The van der Waals surface area contributed by atoms with Gasteiger partial charge in [-0.15, -0.1) is 13.2 Å². The molecule has 2 rings (SSSR count). The van der Waals surface area contributed by atoms with Crippen molar-refractivity contribution in [2.75, 3.05) is 0 Å². The van der Waals surface area contributed by atoms with Crippen LogP contribution >= 0.6 is 0 Å². The van der Waals surface area contributed by atoms with Crippen molar-refractivity contribution < 1.29 is 4.74 Å². The Morgan fingerprint density at radius 1 is 0.947 bits per heavy atom. The first-order valence-corrected chi connectivity index (χ1v) is 6.65. The Morgan fingerprint density at radius 3 is 2.37 bits per heavy atom. The average Bonchev–Trinajstić information content (AvgIpc) is 2.45. The molecule has 0 atom stereocenters. The Hall–Kier alpha value is -1.86. The Morgan fingerprint density at radius 2 is 1.63 bits per heavy atom. The maximum Gasteiger partial charge on any atom is 0.0726 e. The minimum absolute atomic E-state index is 0.175. The molecule has 0 aliphatic heterocycles. The molecule has 0 unspecified atom stereocenters. The fourth-order valence-electron chi connectivity index (χ4n) is 2.23. The van der Waals surface area contributed by atoms with Crippen LogP contribution in [0.25, 0.3) is 10.8 Å². The lowest BCUT2D eigenvalue weighted by molar-refractivity contribution is 0.0454. The van der Waals surface area contributed by atoms with Crippen LogP contribution in [-0.4, -0.2) is 6.10 Å². The van der Waals surface area contributed by atoms with E-state index in [0.717, 1.165) is 12.8 Å². The lowest BCUT2D eigenvalue weighted by Crippen LogP contribution is -2.10. The predicted molar refractivity (Wildman–Crippen MR) is 82.2 cm³/mol. The Labute approximate surface area is 115 Å².